The van der Waals surface area contributed by atoms with Crippen LogP contribution in [0.5, 0.6) is 0 Å². The number of aliphatic carboxylic acids is 1. The minimum absolute atomic E-state index is 0.0888. The number of rotatable bonds is 8. The van der Waals surface area contributed by atoms with Gasteiger partial charge in [-0.15, -0.1) is 0 Å². The first-order valence-electron chi connectivity index (χ1n) is 7.73. The molecule has 0 saturated carbocycles. The Morgan fingerprint density at radius 1 is 1.08 bits per heavy atom. The first-order chi connectivity index (χ1) is 12.2. The summed E-state index contributed by atoms with van der Waals surface area (Å²) in [7, 11) is 2.09. The first kappa shape index (κ1) is 21.1. The van der Waals surface area contributed by atoms with Gasteiger partial charge in [-0.05, 0) is 12.5 Å². The molecule has 0 spiro atoms. The molecule has 0 heterocycles. The monoisotopic (exact) mass is 366 g/mol. The number of carbonyl (C=O) groups is 4. The number of nitrogens with zero attached hydrogens (tertiary/aromatic N) is 1. The van der Waals surface area contributed by atoms with Crippen molar-refractivity contribution in [3.8, 4) is 0 Å². The van der Waals surface area contributed by atoms with Gasteiger partial charge in [-0.25, -0.2) is 4.79 Å². The fourth-order valence-electron chi connectivity index (χ4n) is 2.30. The number of esters is 2. The number of carbonyl (C=O) groups excluding carboxylic acids is 3. The van der Waals surface area contributed by atoms with Crippen LogP contribution in [-0.2, 0) is 35.2 Å². The predicted molar refractivity (Wildman–Crippen MR) is 89.6 cm³/mol. The second kappa shape index (κ2) is 9.52. The third-order valence-electron chi connectivity index (χ3n) is 3.86. The SMILES string of the molecule is COC(=O)C(N)C(C(=O)OC)C(=O)N(Cc1ccccc1)C(C)C(=O)O. The van der Waals surface area contributed by atoms with E-state index in [0.717, 1.165) is 19.1 Å². The Balaban J connectivity index is 3.26. The summed E-state index contributed by atoms with van der Waals surface area (Å²) >= 11 is 0. The summed E-state index contributed by atoms with van der Waals surface area (Å²) in [5.41, 5.74) is 6.33. The Hall–Kier alpha value is -2.94. The molecule has 0 radical (unpaired) electrons. The molecule has 1 aromatic rings. The molecule has 0 aliphatic heterocycles. The standard InChI is InChI=1S/C17H22N2O7/c1-10(15(21)22)19(9-11-7-5-4-6-8-11)14(20)12(16(23)25-2)13(18)17(24)26-3/h4-8,10,12-13H,9,18H2,1-3H3,(H,21,22). The third-order valence-corrected chi connectivity index (χ3v) is 3.86. The summed E-state index contributed by atoms with van der Waals surface area (Å²) in [6, 6.07) is 5.72. The fourth-order valence-corrected chi connectivity index (χ4v) is 2.30. The zero-order valence-electron chi connectivity index (χ0n) is 14.7. The van der Waals surface area contributed by atoms with Crippen molar-refractivity contribution in [2.45, 2.75) is 25.6 Å². The minimum atomic E-state index is -1.72. The van der Waals surface area contributed by atoms with E-state index in [2.05, 4.69) is 9.47 Å². The number of ether oxygens (including phenoxy) is 2. The second-order valence-corrected chi connectivity index (χ2v) is 5.52. The van der Waals surface area contributed by atoms with E-state index in [9.17, 15) is 24.3 Å². The van der Waals surface area contributed by atoms with E-state index in [1.54, 1.807) is 30.3 Å². The highest BCUT2D eigenvalue weighted by molar-refractivity contribution is 6.03. The van der Waals surface area contributed by atoms with Crippen LogP contribution in [0.25, 0.3) is 0 Å². The largest absolute Gasteiger partial charge is 0.480 e. The topological polar surface area (TPSA) is 136 Å². The number of hydrogen-bond donors (Lipinski definition) is 2. The first-order valence-corrected chi connectivity index (χ1v) is 7.73. The third kappa shape index (κ3) is 5.03. The van der Waals surface area contributed by atoms with Gasteiger partial charge < -0.3 is 25.2 Å². The summed E-state index contributed by atoms with van der Waals surface area (Å²) in [4.78, 5) is 49.1. The molecule has 3 unspecified atom stereocenters. The summed E-state index contributed by atoms with van der Waals surface area (Å²) < 4.78 is 9.05. The van der Waals surface area contributed by atoms with Crippen molar-refractivity contribution < 1.29 is 33.8 Å². The molecular weight excluding hydrogens is 344 g/mol. The molecular formula is C17H22N2O7. The maximum Gasteiger partial charge on any atom is 0.326 e. The van der Waals surface area contributed by atoms with Gasteiger partial charge >= 0.3 is 17.9 Å². The van der Waals surface area contributed by atoms with E-state index < -0.39 is 41.8 Å². The van der Waals surface area contributed by atoms with Gasteiger partial charge in [0.2, 0.25) is 5.91 Å². The molecule has 0 bridgehead atoms. The molecule has 1 aromatic carbocycles. The van der Waals surface area contributed by atoms with Crippen molar-refractivity contribution >= 4 is 23.8 Å². The van der Waals surface area contributed by atoms with Crippen LogP contribution in [0.2, 0.25) is 0 Å². The molecule has 9 nitrogen and oxygen atoms in total. The molecule has 142 valence electrons. The number of carboxylic acid groups (broad SMARTS) is 1. The molecule has 0 aliphatic carbocycles. The van der Waals surface area contributed by atoms with Gasteiger partial charge in [-0.3, -0.25) is 14.4 Å². The molecule has 3 N–H and O–H groups in total. The Morgan fingerprint density at radius 2 is 1.62 bits per heavy atom. The van der Waals surface area contributed by atoms with Gasteiger partial charge in [0.1, 0.15) is 12.1 Å². The molecule has 3 atom stereocenters. The van der Waals surface area contributed by atoms with Crippen molar-refractivity contribution in [2.75, 3.05) is 14.2 Å². The van der Waals surface area contributed by atoms with Crippen molar-refractivity contribution in [3.63, 3.8) is 0 Å². The maximum absolute atomic E-state index is 12.9. The summed E-state index contributed by atoms with van der Waals surface area (Å²) in [6.45, 7) is 1.20. The quantitative estimate of drug-likeness (QED) is 0.476. The van der Waals surface area contributed by atoms with Gasteiger partial charge in [0.25, 0.3) is 0 Å². The van der Waals surface area contributed by atoms with E-state index >= 15 is 0 Å². The van der Waals surface area contributed by atoms with E-state index in [1.807, 2.05) is 0 Å². The van der Waals surface area contributed by atoms with E-state index in [4.69, 9.17) is 5.73 Å². The summed E-state index contributed by atoms with van der Waals surface area (Å²) in [5, 5.41) is 9.32. The number of carboxylic acids is 1. The average Bonchev–Trinajstić information content (AvgIpc) is 2.65. The van der Waals surface area contributed by atoms with Crippen LogP contribution in [0.4, 0.5) is 0 Å². The Labute approximate surface area is 150 Å². The lowest BCUT2D eigenvalue weighted by molar-refractivity contribution is -0.164. The lowest BCUT2D eigenvalue weighted by Crippen LogP contribution is -2.54. The van der Waals surface area contributed by atoms with Crippen LogP contribution in [0.1, 0.15) is 12.5 Å². The normalized spacial score (nSPS) is 13.8. The van der Waals surface area contributed by atoms with Crippen molar-refractivity contribution in [1.82, 2.24) is 4.90 Å². The molecule has 9 heteroatoms. The summed E-state index contributed by atoms with van der Waals surface area (Å²) in [5.74, 6) is -5.98. The van der Waals surface area contributed by atoms with Crippen molar-refractivity contribution in [3.05, 3.63) is 35.9 Å². The van der Waals surface area contributed by atoms with Gasteiger partial charge in [0.15, 0.2) is 5.92 Å². The average molecular weight is 366 g/mol. The predicted octanol–water partition coefficient (Wildman–Crippen LogP) is -0.222. The van der Waals surface area contributed by atoms with Crippen LogP contribution in [0.15, 0.2) is 30.3 Å². The van der Waals surface area contributed by atoms with E-state index in [0.29, 0.717) is 5.56 Å². The van der Waals surface area contributed by atoms with Crippen molar-refractivity contribution in [1.29, 1.82) is 0 Å². The number of benzene rings is 1. The lowest BCUT2D eigenvalue weighted by atomic mass is 9.97. The molecule has 26 heavy (non-hydrogen) atoms. The zero-order valence-corrected chi connectivity index (χ0v) is 14.7. The Morgan fingerprint density at radius 3 is 2.08 bits per heavy atom. The van der Waals surface area contributed by atoms with Gasteiger partial charge in [-0.2, -0.15) is 0 Å². The Bertz CT molecular complexity index is 662. The van der Waals surface area contributed by atoms with Gasteiger partial charge in [-0.1, -0.05) is 30.3 Å². The van der Waals surface area contributed by atoms with Gasteiger partial charge in [0.05, 0.1) is 14.2 Å². The molecule has 0 aliphatic rings. The molecule has 0 saturated heterocycles. The zero-order chi connectivity index (χ0) is 19.9. The van der Waals surface area contributed by atoms with Crippen LogP contribution in [-0.4, -0.2) is 60.1 Å². The minimum Gasteiger partial charge on any atom is -0.480 e. The maximum atomic E-state index is 12.9. The van der Waals surface area contributed by atoms with Crippen LogP contribution in [0.3, 0.4) is 0 Å². The van der Waals surface area contributed by atoms with Crippen LogP contribution in [0, 0.1) is 5.92 Å². The number of methoxy groups -OCH3 is 2. The molecule has 0 fully saturated rings. The van der Waals surface area contributed by atoms with E-state index in [-0.39, 0.29) is 6.54 Å². The lowest BCUT2D eigenvalue weighted by Gasteiger charge is -2.31. The fraction of sp³-hybridized carbons (Fsp3) is 0.412. The second-order valence-electron chi connectivity index (χ2n) is 5.52. The number of nitrogens with two attached hydrogens (primary N) is 1. The smallest absolute Gasteiger partial charge is 0.326 e. The number of hydrogen-bond acceptors (Lipinski definition) is 7. The van der Waals surface area contributed by atoms with Gasteiger partial charge in [0, 0.05) is 6.54 Å². The summed E-state index contributed by atoms with van der Waals surface area (Å²) in [6.07, 6.45) is 0. The molecule has 0 aromatic heterocycles. The van der Waals surface area contributed by atoms with Crippen LogP contribution >= 0.6 is 0 Å². The Kier molecular flexibility index (Phi) is 7.73. The number of amides is 1. The highest BCUT2D eigenvalue weighted by Crippen LogP contribution is 2.17. The molecule has 1 rings (SSSR count). The highest BCUT2D eigenvalue weighted by Gasteiger charge is 2.43. The molecule has 1 amide bonds. The van der Waals surface area contributed by atoms with Crippen molar-refractivity contribution in [2.24, 2.45) is 11.7 Å². The van der Waals surface area contributed by atoms with Crippen LogP contribution < -0.4 is 5.73 Å². The van der Waals surface area contributed by atoms with E-state index in [1.165, 1.54) is 6.92 Å². The highest BCUT2D eigenvalue weighted by atomic mass is 16.5.